The summed E-state index contributed by atoms with van der Waals surface area (Å²) in [5.74, 6) is 0. The molecular formula is C5H12FNO. The Bertz CT molecular complexity index is 58.4. The average Bonchev–Trinajstić information content (AvgIpc) is 1.65. The zero-order valence-electron chi connectivity index (χ0n) is 5.52. The fraction of sp³-hybridized carbons (Fsp3) is 1.00. The van der Waals surface area contributed by atoms with Crippen molar-refractivity contribution in [1.29, 1.82) is 0 Å². The van der Waals surface area contributed by atoms with Gasteiger partial charge in [0.25, 0.3) is 0 Å². The Labute approximate surface area is 49.2 Å². The van der Waals surface area contributed by atoms with E-state index in [0.717, 1.165) is 0 Å². The third-order valence-electron chi connectivity index (χ3n) is 0.764. The van der Waals surface area contributed by atoms with E-state index in [2.05, 4.69) is 4.74 Å². The van der Waals surface area contributed by atoms with E-state index in [4.69, 9.17) is 0 Å². The molecule has 0 spiro atoms. The van der Waals surface area contributed by atoms with Crippen molar-refractivity contribution in [1.82, 2.24) is 4.90 Å². The fourth-order valence-electron chi connectivity index (χ4n) is 0.362. The van der Waals surface area contributed by atoms with E-state index in [1.54, 1.807) is 19.0 Å². The Morgan fingerprint density at radius 1 is 1.62 bits per heavy atom. The molecule has 0 radical (unpaired) electrons. The number of hydrogen-bond acceptors (Lipinski definition) is 2. The highest BCUT2D eigenvalue weighted by Gasteiger charge is 2.02. The van der Waals surface area contributed by atoms with Crippen LogP contribution in [0.1, 0.15) is 0 Å². The number of halogens is 1. The van der Waals surface area contributed by atoms with Gasteiger partial charge in [-0.3, -0.25) is 0 Å². The predicted molar refractivity (Wildman–Crippen MR) is 30.5 cm³/mol. The van der Waals surface area contributed by atoms with E-state index in [1.165, 1.54) is 7.11 Å². The number of hydrogen-bond donors (Lipinski definition) is 0. The van der Waals surface area contributed by atoms with Crippen LogP contribution < -0.4 is 0 Å². The van der Waals surface area contributed by atoms with Crippen LogP contribution in [-0.2, 0) is 4.74 Å². The topological polar surface area (TPSA) is 12.5 Å². The molecule has 0 saturated carbocycles. The highest BCUT2D eigenvalue weighted by Crippen LogP contribution is 1.90. The molecule has 0 aliphatic heterocycles. The molecule has 0 N–H and O–H groups in total. The predicted octanol–water partition coefficient (Wildman–Crippen LogP) is 0.490. The lowest BCUT2D eigenvalue weighted by Crippen LogP contribution is -2.23. The minimum atomic E-state index is -1.15. The third kappa shape index (κ3) is 4.02. The maximum Gasteiger partial charge on any atom is 0.211 e. The molecule has 0 bridgehead atoms. The summed E-state index contributed by atoms with van der Waals surface area (Å²) in [5.41, 5.74) is 0. The van der Waals surface area contributed by atoms with Crippen LogP contribution in [0.15, 0.2) is 0 Å². The van der Waals surface area contributed by atoms with Crippen molar-refractivity contribution in [3.05, 3.63) is 0 Å². The van der Waals surface area contributed by atoms with Crippen molar-refractivity contribution in [3.8, 4) is 0 Å². The SMILES string of the molecule is CO[C@H](F)CN(C)C. The second-order valence-corrected chi connectivity index (χ2v) is 1.91. The standard InChI is InChI=1S/C5H12FNO/c1-7(2)4-5(6)8-3/h5H,4H2,1-3H3/t5-/m0/s1. The minimum absolute atomic E-state index is 0.330. The van der Waals surface area contributed by atoms with Gasteiger partial charge in [-0.15, -0.1) is 0 Å². The Morgan fingerprint density at radius 3 is 2.25 bits per heavy atom. The van der Waals surface area contributed by atoms with Crippen molar-refractivity contribution in [3.63, 3.8) is 0 Å². The molecule has 50 valence electrons. The summed E-state index contributed by atoms with van der Waals surface area (Å²) in [4.78, 5) is 1.73. The molecule has 3 heteroatoms. The van der Waals surface area contributed by atoms with Crippen molar-refractivity contribution >= 4 is 0 Å². The Hall–Kier alpha value is -0.150. The molecule has 0 aromatic rings. The molecule has 0 rings (SSSR count). The van der Waals surface area contributed by atoms with E-state index < -0.39 is 6.36 Å². The molecule has 0 fully saturated rings. The Morgan fingerprint density at radius 2 is 2.12 bits per heavy atom. The van der Waals surface area contributed by atoms with Crippen LogP contribution in [0.25, 0.3) is 0 Å². The maximum absolute atomic E-state index is 12.1. The monoisotopic (exact) mass is 121 g/mol. The molecule has 0 aromatic carbocycles. The van der Waals surface area contributed by atoms with E-state index in [9.17, 15) is 4.39 Å². The molecular weight excluding hydrogens is 109 g/mol. The van der Waals surface area contributed by atoms with Crippen molar-refractivity contribution in [2.75, 3.05) is 27.7 Å². The molecule has 8 heavy (non-hydrogen) atoms. The molecule has 0 unspecified atom stereocenters. The van der Waals surface area contributed by atoms with Crippen LogP contribution >= 0.6 is 0 Å². The van der Waals surface area contributed by atoms with Crippen LogP contribution in [0.2, 0.25) is 0 Å². The summed E-state index contributed by atoms with van der Waals surface area (Å²) in [7, 11) is 4.95. The number of alkyl halides is 1. The Balaban J connectivity index is 3.10. The zero-order chi connectivity index (χ0) is 6.57. The van der Waals surface area contributed by atoms with Gasteiger partial charge in [0, 0.05) is 7.11 Å². The number of ether oxygens (including phenoxy) is 1. The van der Waals surface area contributed by atoms with Gasteiger partial charge in [-0.25, -0.2) is 4.39 Å². The normalized spacial score (nSPS) is 14.6. The minimum Gasteiger partial charge on any atom is -0.350 e. The molecule has 0 aromatic heterocycles. The highest BCUT2D eigenvalue weighted by atomic mass is 19.1. The highest BCUT2D eigenvalue weighted by molar-refractivity contribution is 4.43. The van der Waals surface area contributed by atoms with Crippen molar-refractivity contribution in [2.45, 2.75) is 6.36 Å². The lowest BCUT2D eigenvalue weighted by Gasteiger charge is -2.11. The first kappa shape index (κ1) is 7.85. The quantitative estimate of drug-likeness (QED) is 0.538. The molecule has 0 amide bonds. The second-order valence-electron chi connectivity index (χ2n) is 1.91. The molecule has 0 saturated heterocycles. The summed E-state index contributed by atoms with van der Waals surface area (Å²) in [6.07, 6.45) is -1.15. The first-order valence-electron chi connectivity index (χ1n) is 2.48. The summed E-state index contributed by atoms with van der Waals surface area (Å²) < 4.78 is 16.5. The lowest BCUT2D eigenvalue weighted by molar-refractivity contribution is -0.0205. The molecule has 1 atom stereocenters. The van der Waals surface area contributed by atoms with Gasteiger partial charge >= 0.3 is 0 Å². The number of likely N-dealkylation sites (N-methyl/N-ethyl adjacent to an activating group) is 1. The van der Waals surface area contributed by atoms with Crippen LogP contribution in [0.3, 0.4) is 0 Å². The smallest absolute Gasteiger partial charge is 0.211 e. The van der Waals surface area contributed by atoms with Crippen LogP contribution in [-0.4, -0.2) is 39.0 Å². The maximum atomic E-state index is 12.1. The summed E-state index contributed by atoms with van der Waals surface area (Å²) in [6, 6.07) is 0. The number of rotatable bonds is 3. The van der Waals surface area contributed by atoms with Gasteiger partial charge in [-0.2, -0.15) is 0 Å². The van der Waals surface area contributed by atoms with E-state index in [-0.39, 0.29) is 0 Å². The number of methoxy groups -OCH3 is 1. The van der Waals surface area contributed by atoms with Crippen LogP contribution in [0.5, 0.6) is 0 Å². The second kappa shape index (κ2) is 3.80. The first-order chi connectivity index (χ1) is 3.66. The Kier molecular flexibility index (Phi) is 3.73. The first-order valence-corrected chi connectivity index (χ1v) is 2.48. The van der Waals surface area contributed by atoms with Crippen molar-refractivity contribution < 1.29 is 9.13 Å². The van der Waals surface area contributed by atoms with Gasteiger partial charge in [0.15, 0.2) is 0 Å². The van der Waals surface area contributed by atoms with Crippen LogP contribution in [0, 0.1) is 0 Å². The van der Waals surface area contributed by atoms with Gasteiger partial charge in [0.1, 0.15) is 0 Å². The van der Waals surface area contributed by atoms with Gasteiger partial charge < -0.3 is 9.64 Å². The van der Waals surface area contributed by atoms with E-state index in [0.29, 0.717) is 6.54 Å². The summed E-state index contributed by atoms with van der Waals surface area (Å²) in [5, 5.41) is 0. The van der Waals surface area contributed by atoms with Gasteiger partial charge in [-0.1, -0.05) is 0 Å². The third-order valence-corrected chi connectivity index (χ3v) is 0.764. The summed E-state index contributed by atoms with van der Waals surface area (Å²) >= 11 is 0. The van der Waals surface area contributed by atoms with E-state index >= 15 is 0 Å². The van der Waals surface area contributed by atoms with E-state index in [1.807, 2.05) is 0 Å². The van der Waals surface area contributed by atoms with Gasteiger partial charge in [-0.05, 0) is 14.1 Å². The molecule has 2 nitrogen and oxygen atoms in total. The largest absolute Gasteiger partial charge is 0.350 e. The molecule has 0 aliphatic rings. The number of nitrogens with zero attached hydrogens (tertiary/aromatic N) is 1. The van der Waals surface area contributed by atoms with Gasteiger partial charge in [0.2, 0.25) is 6.36 Å². The molecule has 0 heterocycles. The fourth-order valence-corrected chi connectivity index (χ4v) is 0.362. The summed E-state index contributed by atoms with van der Waals surface area (Å²) in [6.45, 7) is 0.330. The average molecular weight is 121 g/mol. The molecule has 0 aliphatic carbocycles. The zero-order valence-corrected chi connectivity index (χ0v) is 5.52. The van der Waals surface area contributed by atoms with Gasteiger partial charge in [0.05, 0.1) is 6.54 Å². The lowest BCUT2D eigenvalue weighted by atomic mass is 10.6. The van der Waals surface area contributed by atoms with Crippen LogP contribution in [0.4, 0.5) is 4.39 Å². The van der Waals surface area contributed by atoms with Crippen molar-refractivity contribution in [2.24, 2.45) is 0 Å².